The zero-order valence-electron chi connectivity index (χ0n) is 13.2. The predicted octanol–water partition coefficient (Wildman–Crippen LogP) is 4.08. The highest BCUT2D eigenvalue weighted by molar-refractivity contribution is 6.30. The van der Waals surface area contributed by atoms with Gasteiger partial charge in [0.15, 0.2) is 0 Å². The molecular formula is C17H26ClFN2. The summed E-state index contributed by atoms with van der Waals surface area (Å²) in [5.41, 5.74) is 0.994. The zero-order chi connectivity index (χ0) is 15.4. The van der Waals surface area contributed by atoms with Crippen LogP contribution in [0.25, 0.3) is 0 Å². The van der Waals surface area contributed by atoms with Gasteiger partial charge in [-0.3, -0.25) is 4.90 Å². The van der Waals surface area contributed by atoms with Crippen LogP contribution in [-0.2, 0) is 6.54 Å². The lowest BCUT2D eigenvalue weighted by atomic mass is 10.0. The van der Waals surface area contributed by atoms with Crippen molar-refractivity contribution in [3.05, 3.63) is 34.6 Å². The van der Waals surface area contributed by atoms with Crippen LogP contribution < -0.4 is 5.32 Å². The quantitative estimate of drug-likeness (QED) is 0.901. The van der Waals surface area contributed by atoms with E-state index in [1.54, 1.807) is 12.1 Å². The van der Waals surface area contributed by atoms with E-state index in [1.165, 1.54) is 6.42 Å². The molecule has 0 spiro atoms. The largest absolute Gasteiger partial charge is 0.313 e. The number of nitrogens with zero attached hydrogens (tertiary/aromatic N) is 1. The fourth-order valence-electron chi connectivity index (χ4n) is 3.03. The van der Waals surface area contributed by atoms with Crippen LogP contribution in [0.15, 0.2) is 18.2 Å². The fourth-order valence-corrected chi connectivity index (χ4v) is 3.14. The molecule has 21 heavy (non-hydrogen) atoms. The summed E-state index contributed by atoms with van der Waals surface area (Å²) < 4.78 is 13.6. The molecule has 0 aromatic heterocycles. The van der Waals surface area contributed by atoms with Gasteiger partial charge in [0.1, 0.15) is 5.82 Å². The summed E-state index contributed by atoms with van der Waals surface area (Å²) in [6, 6.07) is 6.16. The van der Waals surface area contributed by atoms with Crippen LogP contribution >= 0.6 is 11.6 Å². The van der Waals surface area contributed by atoms with Crippen molar-refractivity contribution in [1.29, 1.82) is 0 Å². The van der Waals surface area contributed by atoms with E-state index in [2.05, 4.69) is 31.0 Å². The molecule has 0 aliphatic carbocycles. The average Bonchev–Trinajstić information content (AvgIpc) is 2.56. The number of hydrogen-bond donors (Lipinski definition) is 1. The van der Waals surface area contributed by atoms with Crippen molar-refractivity contribution >= 4 is 11.6 Å². The van der Waals surface area contributed by atoms with Gasteiger partial charge in [0.05, 0.1) is 5.02 Å². The molecule has 0 amide bonds. The monoisotopic (exact) mass is 312 g/mol. The zero-order valence-corrected chi connectivity index (χ0v) is 14.0. The number of rotatable bonds is 4. The fraction of sp³-hybridized carbons (Fsp3) is 0.647. The molecular weight excluding hydrogens is 287 g/mol. The molecule has 1 aromatic carbocycles. The topological polar surface area (TPSA) is 15.3 Å². The van der Waals surface area contributed by atoms with Crippen LogP contribution in [0.3, 0.4) is 0 Å². The Labute approximate surface area is 132 Å². The summed E-state index contributed by atoms with van der Waals surface area (Å²) in [4.78, 5) is 2.45. The molecule has 4 heteroatoms. The van der Waals surface area contributed by atoms with Gasteiger partial charge in [-0.2, -0.15) is 0 Å². The van der Waals surface area contributed by atoms with E-state index in [-0.39, 0.29) is 10.8 Å². The first-order chi connectivity index (χ1) is 9.95. The third kappa shape index (κ3) is 4.94. The smallest absolute Gasteiger partial charge is 0.142 e. The van der Waals surface area contributed by atoms with Gasteiger partial charge in [-0.1, -0.05) is 31.5 Å². The molecule has 118 valence electrons. The maximum Gasteiger partial charge on any atom is 0.142 e. The van der Waals surface area contributed by atoms with Gasteiger partial charge in [0.2, 0.25) is 0 Å². The van der Waals surface area contributed by atoms with E-state index >= 15 is 0 Å². The molecule has 0 bridgehead atoms. The second-order valence-corrected chi connectivity index (χ2v) is 7.00. The molecule has 1 aliphatic heterocycles. The lowest BCUT2D eigenvalue weighted by Crippen LogP contribution is -2.40. The van der Waals surface area contributed by atoms with Crippen LogP contribution in [0, 0.1) is 11.7 Å². The molecule has 2 atom stereocenters. The van der Waals surface area contributed by atoms with Crippen molar-refractivity contribution < 1.29 is 4.39 Å². The van der Waals surface area contributed by atoms with E-state index in [1.807, 2.05) is 6.07 Å². The standard InChI is InChI=1S/C17H26ClFN2/c1-12(2)8-15-11-21(13(3)6-7-20-15)10-14-4-5-16(18)17(19)9-14/h4-5,9,12-13,15,20H,6-8,10-11H2,1-3H3. The molecule has 2 nitrogen and oxygen atoms in total. The first-order valence-corrected chi connectivity index (χ1v) is 8.25. The SMILES string of the molecule is CC(C)CC1CN(Cc2ccc(Cl)c(F)c2)C(C)CCN1. The van der Waals surface area contributed by atoms with Crippen molar-refractivity contribution in [2.75, 3.05) is 13.1 Å². The maximum absolute atomic E-state index is 13.6. The summed E-state index contributed by atoms with van der Waals surface area (Å²) in [6.07, 6.45) is 2.31. The van der Waals surface area contributed by atoms with Gasteiger partial charge < -0.3 is 5.32 Å². The van der Waals surface area contributed by atoms with Crippen molar-refractivity contribution in [1.82, 2.24) is 10.2 Å². The normalized spacial score (nSPS) is 24.3. The minimum atomic E-state index is -0.325. The van der Waals surface area contributed by atoms with Crippen LogP contribution in [0.5, 0.6) is 0 Å². The highest BCUT2D eigenvalue weighted by Crippen LogP contribution is 2.20. The van der Waals surface area contributed by atoms with Crippen molar-refractivity contribution in [2.45, 2.75) is 52.2 Å². The average molecular weight is 313 g/mol. The number of hydrogen-bond acceptors (Lipinski definition) is 2. The van der Waals surface area contributed by atoms with Crippen molar-refractivity contribution in [2.24, 2.45) is 5.92 Å². The second kappa shape index (κ2) is 7.57. The van der Waals surface area contributed by atoms with Crippen LogP contribution in [0.4, 0.5) is 4.39 Å². The van der Waals surface area contributed by atoms with E-state index in [0.29, 0.717) is 18.0 Å². The van der Waals surface area contributed by atoms with Gasteiger partial charge in [-0.05, 0) is 49.9 Å². The summed E-state index contributed by atoms with van der Waals surface area (Å²) >= 11 is 5.76. The maximum atomic E-state index is 13.6. The van der Waals surface area contributed by atoms with Crippen LogP contribution in [0.2, 0.25) is 5.02 Å². The van der Waals surface area contributed by atoms with E-state index in [4.69, 9.17) is 11.6 Å². The highest BCUT2D eigenvalue weighted by atomic mass is 35.5. The number of nitrogens with one attached hydrogen (secondary N) is 1. The van der Waals surface area contributed by atoms with Crippen LogP contribution in [-0.4, -0.2) is 30.1 Å². The Morgan fingerprint density at radius 2 is 2.19 bits per heavy atom. The van der Waals surface area contributed by atoms with E-state index in [9.17, 15) is 4.39 Å². The Morgan fingerprint density at radius 1 is 1.43 bits per heavy atom. The molecule has 1 fully saturated rings. The van der Waals surface area contributed by atoms with E-state index < -0.39 is 0 Å². The van der Waals surface area contributed by atoms with Crippen LogP contribution in [0.1, 0.15) is 39.2 Å². The third-order valence-electron chi connectivity index (χ3n) is 4.20. The van der Waals surface area contributed by atoms with Gasteiger partial charge in [-0.25, -0.2) is 4.39 Å². The summed E-state index contributed by atoms with van der Waals surface area (Å²) in [5, 5.41) is 3.84. The Bertz CT molecular complexity index is 464. The molecule has 1 N–H and O–H groups in total. The molecule has 1 aliphatic rings. The van der Waals surface area contributed by atoms with Gasteiger partial charge >= 0.3 is 0 Å². The Balaban J connectivity index is 2.05. The Kier molecular flexibility index (Phi) is 6.03. The number of benzene rings is 1. The second-order valence-electron chi connectivity index (χ2n) is 6.60. The summed E-state index contributed by atoms with van der Waals surface area (Å²) in [5.74, 6) is 0.360. The molecule has 2 unspecified atom stereocenters. The molecule has 0 saturated carbocycles. The van der Waals surface area contributed by atoms with Crippen molar-refractivity contribution in [3.8, 4) is 0 Å². The third-order valence-corrected chi connectivity index (χ3v) is 4.51. The van der Waals surface area contributed by atoms with Crippen molar-refractivity contribution in [3.63, 3.8) is 0 Å². The molecule has 1 saturated heterocycles. The van der Waals surface area contributed by atoms with Gasteiger partial charge in [0.25, 0.3) is 0 Å². The Morgan fingerprint density at radius 3 is 2.86 bits per heavy atom. The lowest BCUT2D eigenvalue weighted by Gasteiger charge is -2.29. The minimum absolute atomic E-state index is 0.196. The van der Waals surface area contributed by atoms with Gasteiger partial charge in [-0.15, -0.1) is 0 Å². The molecule has 1 aromatic rings. The first-order valence-electron chi connectivity index (χ1n) is 7.87. The number of halogens is 2. The predicted molar refractivity (Wildman–Crippen MR) is 87.1 cm³/mol. The summed E-state index contributed by atoms with van der Waals surface area (Å²) in [6.45, 7) is 9.63. The van der Waals surface area contributed by atoms with Gasteiger partial charge in [0, 0.05) is 25.2 Å². The molecule has 2 rings (SSSR count). The Hall–Kier alpha value is -0.640. The molecule has 0 radical (unpaired) electrons. The first kappa shape index (κ1) is 16.7. The summed E-state index contributed by atoms with van der Waals surface area (Å²) in [7, 11) is 0. The minimum Gasteiger partial charge on any atom is -0.313 e. The highest BCUT2D eigenvalue weighted by Gasteiger charge is 2.23. The van der Waals surface area contributed by atoms with E-state index in [0.717, 1.165) is 31.6 Å². The molecule has 1 heterocycles. The lowest BCUT2D eigenvalue weighted by molar-refractivity contribution is 0.189.